The molecule has 0 aromatic heterocycles. The van der Waals surface area contributed by atoms with Gasteiger partial charge in [-0.25, -0.2) is 0 Å². The predicted molar refractivity (Wildman–Crippen MR) is 109 cm³/mol. The van der Waals surface area contributed by atoms with Crippen molar-refractivity contribution in [1.29, 1.82) is 10.5 Å². The van der Waals surface area contributed by atoms with Crippen molar-refractivity contribution in [3.05, 3.63) is 94.1 Å². The monoisotopic (exact) mass is 415 g/mol. The van der Waals surface area contributed by atoms with Crippen molar-refractivity contribution in [2.75, 3.05) is 0 Å². The average Bonchev–Trinajstić information content (AvgIpc) is 3.48. The maximum atomic E-state index is 9.40. The van der Waals surface area contributed by atoms with Gasteiger partial charge in [-0.05, 0) is 0 Å². The zero-order valence-electron chi connectivity index (χ0n) is 14.9. The first-order valence-corrected chi connectivity index (χ1v) is 10.3. The Bertz CT molecular complexity index is 1290. The summed E-state index contributed by atoms with van der Waals surface area (Å²) in [7, 11) is 0. The quantitative estimate of drug-likeness (QED) is 0.613. The Kier molecular flexibility index (Phi) is 4.11. The first-order chi connectivity index (χ1) is 14.2. The van der Waals surface area contributed by atoms with Crippen LogP contribution >= 0.6 is 0 Å². The first-order valence-electron chi connectivity index (χ1n) is 8.64. The van der Waals surface area contributed by atoms with Crippen LogP contribution < -0.4 is 0 Å². The zero-order valence-corrected chi connectivity index (χ0v) is 16.0. The van der Waals surface area contributed by atoms with Gasteiger partial charge in [0.05, 0.1) is 0 Å². The molecule has 0 spiro atoms. The molecule has 5 aliphatic heterocycles. The second kappa shape index (κ2) is 6.92. The third-order valence-electron chi connectivity index (χ3n) is 4.33. The number of fused-ring (bicyclic) bond motifs is 4. The van der Waals surface area contributed by atoms with Gasteiger partial charge in [0.2, 0.25) is 0 Å². The minimum absolute atomic E-state index is 0.600. The van der Waals surface area contributed by atoms with Crippen LogP contribution in [0.2, 0.25) is 0 Å². The van der Waals surface area contributed by atoms with E-state index >= 15 is 0 Å². The molecule has 6 nitrogen and oxygen atoms in total. The van der Waals surface area contributed by atoms with Crippen LogP contribution in [0.5, 0.6) is 0 Å². The molecule has 5 aliphatic rings. The number of rotatable bonds is 1. The molecule has 0 atom stereocenters. The van der Waals surface area contributed by atoms with E-state index in [2.05, 4.69) is 29.9 Å². The molecule has 0 radical (unpaired) electrons. The molecule has 0 saturated carbocycles. The van der Waals surface area contributed by atoms with E-state index in [-0.39, 0.29) is 0 Å². The number of nitrogens with zero attached hydrogens (tertiary/aromatic N) is 6. The molecular formula is C22H11FeN6. The van der Waals surface area contributed by atoms with Crippen LogP contribution in [0, 0.1) is 20.5 Å². The van der Waals surface area contributed by atoms with Crippen molar-refractivity contribution >= 4 is 22.8 Å². The third-order valence-corrected chi connectivity index (χ3v) is 5.86. The summed E-state index contributed by atoms with van der Waals surface area (Å²) >= 11 is -1.81. The molecule has 5 heterocycles. The number of hydrogen-bond donors (Lipinski definition) is 0. The summed E-state index contributed by atoms with van der Waals surface area (Å²) in [6.45, 7) is 0. The summed E-state index contributed by atoms with van der Waals surface area (Å²) in [6, 6.07) is 0. The predicted octanol–water partition coefficient (Wildman–Crippen LogP) is 3.49. The SMILES string of the molecule is N#[C][Fe]([C]#N)[C]1=CC2=CC3=NC(=CC4=NC(=CC5=NC(=CC1=N2)C=C5)C=C4)C=C3. The van der Waals surface area contributed by atoms with Crippen molar-refractivity contribution < 1.29 is 13.9 Å². The molecule has 29 heavy (non-hydrogen) atoms. The summed E-state index contributed by atoms with van der Waals surface area (Å²) in [5.74, 6) is 0. The van der Waals surface area contributed by atoms with Gasteiger partial charge in [0.25, 0.3) is 0 Å². The van der Waals surface area contributed by atoms with Gasteiger partial charge in [0.15, 0.2) is 0 Å². The van der Waals surface area contributed by atoms with Crippen molar-refractivity contribution in [3.63, 3.8) is 0 Å². The molecule has 7 heteroatoms. The van der Waals surface area contributed by atoms with Gasteiger partial charge in [-0.3, -0.25) is 0 Å². The number of hydrogen-bond acceptors (Lipinski definition) is 6. The Morgan fingerprint density at radius 3 is 1.55 bits per heavy atom. The van der Waals surface area contributed by atoms with Crippen LogP contribution in [0.3, 0.4) is 0 Å². The number of aliphatic imine (C=N–C) groups is 4. The van der Waals surface area contributed by atoms with Crippen LogP contribution in [-0.2, 0) is 13.9 Å². The fraction of sp³-hybridized carbons (Fsp3) is 0. The summed E-state index contributed by atoms with van der Waals surface area (Å²) < 4.78 is 0.652. The Labute approximate surface area is 171 Å². The Hall–Kier alpha value is -3.90. The van der Waals surface area contributed by atoms with Crippen molar-refractivity contribution in [1.82, 2.24) is 0 Å². The second-order valence-corrected chi connectivity index (χ2v) is 8.20. The molecule has 0 fully saturated rings. The molecule has 0 unspecified atom stereocenters. The molecular weight excluding hydrogens is 404 g/mol. The standard InChI is InChI=1S/C20H11N4.2CN.Fe/c1-2-14-10-16-5-6-18(23-16)12-20-8-7-19(24-20)11-17-4-3-15(22-17)9-13(1)21-14;2*1-2;/h1-7,9-12H;;;. The summed E-state index contributed by atoms with van der Waals surface area (Å²) in [5, 5.41) is 18.8. The van der Waals surface area contributed by atoms with Crippen molar-refractivity contribution in [2.45, 2.75) is 0 Å². The average molecular weight is 415 g/mol. The molecule has 0 aliphatic carbocycles. The van der Waals surface area contributed by atoms with E-state index in [1.54, 1.807) is 6.08 Å². The molecule has 5 rings (SSSR count). The Balaban J connectivity index is 1.67. The zero-order chi connectivity index (χ0) is 19.8. The Morgan fingerprint density at radius 1 is 0.552 bits per heavy atom. The summed E-state index contributed by atoms with van der Waals surface area (Å²) in [4.78, 5) is 22.6. The van der Waals surface area contributed by atoms with Crippen LogP contribution in [-0.4, -0.2) is 22.8 Å². The normalized spacial score (nSPS) is 21.0. The van der Waals surface area contributed by atoms with Gasteiger partial charge >= 0.3 is 171 Å². The van der Waals surface area contributed by atoms with E-state index in [4.69, 9.17) is 0 Å². The van der Waals surface area contributed by atoms with Crippen molar-refractivity contribution in [2.24, 2.45) is 20.0 Å². The molecule has 0 saturated heterocycles. The van der Waals surface area contributed by atoms with Crippen LogP contribution in [0.15, 0.2) is 114 Å². The van der Waals surface area contributed by atoms with Crippen LogP contribution in [0.25, 0.3) is 0 Å². The maximum absolute atomic E-state index is 9.40. The fourth-order valence-electron chi connectivity index (χ4n) is 3.10. The van der Waals surface area contributed by atoms with E-state index in [1.165, 1.54) is 0 Å². The minimum atomic E-state index is -1.81. The van der Waals surface area contributed by atoms with E-state index in [0.29, 0.717) is 15.9 Å². The summed E-state index contributed by atoms with van der Waals surface area (Å²) in [6.07, 6.45) is 20.8. The van der Waals surface area contributed by atoms with Crippen molar-refractivity contribution in [3.8, 4) is 9.94 Å². The number of nitriles is 2. The molecule has 0 aromatic rings. The molecule has 0 aromatic carbocycles. The summed E-state index contributed by atoms with van der Waals surface area (Å²) in [5.41, 5.74) is 5.97. The third kappa shape index (κ3) is 3.37. The van der Waals surface area contributed by atoms with E-state index in [0.717, 1.165) is 34.2 Å². The van der Waals surface area contributed by atoms with Gasteiger partial charge in [0, 0.05) is 0 Å². The topological polar surface area (TPSA) is 97.0 Å². The van der Waals surface area contributed by atoms with E-state index in [1.807, 2.05) is 60.8 Å². The van der Waals surface area contributed by atoms with Crippen LogP contribution in [0.1, 0.15) is 0 Å². The van der Waals surface area contributed by atoms with Gasteiger partial charge in [-0.2, -0.15) is 0 Å². The first kappa shape index (κ1) is 17.2. The second-order valence-electron chi connectivity index (χ2n) is 6.29. The van der Waals surface area contributed by atoms with E-state index in [9.17, 15) is 10.5 Å². The molecule has 0 N–H and O–H groups in total. The van der Waals surface area contributed by atoms with Gasteiger partial charge in [-0.1, -0.05) is 0 Å². The van der Waals surface area contributed by atoms with Gasteiger partial charge in [0.1, 0.15) is 0 Å². The van der Waals surface area contributed by atoms with E-state index < -0.39 is 13.9 Å². The van der Waals surface area contributed by atoms with Gasteiger partial charge < -0.3 is 0 Å². The fourth-order valence-corrected chi connectivity index (χ4v) is 4.17. The molecule has 0 amide bonds. The molecule has 8 bridgehead atoms. The number of allylic oxidation sites excluding steroid dienone is 12. The molecule has 137 valence electrons. The van der Waals surface area contributed by atoms with Crippen LogP contribution in [0.4, 0.5) is 0 Å². The Morgan fingerprint density at radius 2 is 1.03 bits per heavy atom. The van der Waals surface area contributed by atoms with Gasteiger partial charge in [-0.15, -0.1) is 0 Å².